The highest BCUT2D eigenvalue weighted by Gasteiger charge is 2.26. The van der Waals surface area contributed by atoms with Crippen molar-refractivity contribution in [3.05, 3.63) is 0 Å². The molecule has 0 aliphatic heterocycles. The molecule has 0 saturated carbocycles. The number of nitrogens with two attached hydrogens (primary N) is 1. The summed E-state index contributed by atoms with van der Waals surface area (Å²) in [7, 11) is 2.63. The lowest BCUT2D eigenvalue weighted by Gasteiger charge is -2.12. The molecule has 92 valence electrons. The first-order valence-electron chi connectivity index (χ1n) is 4.95. The number of amidine groups is 1. The van der Waals surface area contributed by atoms with Gasteiger partial charge in [-0.05, 0) is 12.8 Å². The van der Waals surface area contributed by atoms with Crippen LogP contribution in [0.25, 0.3) is 0 Å². The Labute approximate surface area is 94.6 Å². The molecule has 0 bridgehead atoms. The Hall–Kier alpha value is -1.43. The van der Waals surface area contributed by atoms with Gasteiger partial charge in [-0.3, -0.25) is 15.0 Å². The Morgan fingerprint density at radius 3 is 2.44 bits per heavy atom. The van der Waals surface area contributed by atoms with Crippen LogP contribution in [0.3, 0.4) is 0 Å². The smallest absolute Gasteiger partial charge is 0.316 e. The maximum absolute atomic E-state index is 11.5. The molecule has 3 N–H and O–H groups in total. The van der Waals surface area contributed by atoms with Gasteiger partial charge in [0.15, 0.2) is 5.78 Å². The second kappa shape index (κ2) is 7.81. The van der Waals surface area contributed by atoms with Crippen LogP contribution >= 0.6 is 0 Å². The number of ketones is 1. The van der Waals surface area contributed by atoms with Crippen molar-refractivity contribution < 1.29 is 19.1 Å². The summed E-state index contributed by atoms with van der Waals surface area (Å²) < 4.78 is 9.22. The number of nitrogens with one attached hydrogen (secondary N) is 1. The summed E-state index contributed by atoms with van der Waals surface area (Å²) >= 11 is 0. The Balaban J connectivity index is 4.26. The molecule has 0 amide bonds. The zero-order valence-electron chi connectivity index (χ0n) is 9.62. The maximum atomic E-state index is 11.5. The van der Waals surface area contributed by atoms with E-state index in [1.165, 1.54) is 14.2 Å². The number of carbonyl (C=O) groups is 2. The molecule has 0 aromatic carbocycles. The van der Waals surface area contributed by atoms with Crippen molar-refractivity contribution in [3.63, 3.8) is 0 Å². The molecule has 0 aliphatic carbocycles. The van der Waals surface area contributed by atoms with E-state index in [2.05, 4.69) is 9.47 Å². The standard InChI is InChI=1S/C10H18N2O4/c1-15-6-8(13)7(10(14)16-2)4-3-5-9(11)12/h7H,3-6H2,1-2H3,(H3,11,12). The number of Topliss-reactive ketones (excluding diaryl/α,β-unsaturated/α-hetero) is 1. The molecule has 0 aromatic heterocycles. The third-order valence-electron chi connectivity index (χ3n) is 2.10. The van der Waals surface area contributed by atoms with Gasteiger partial charge in [-0.25, -0.2) is 0 Å². The van der Waals surface area contributed by atoms with Crippen LogP contribution in [0.5, 0.6) is 0 Å². The molecule has 1 atom stereocenters. The van der Waals surface area contributed by atoms with E-state index in [1.807, 2.05) is 0 Å². The van der Waals surface area contributed by atoms with E-state index < -0.39 is 11.9 Å². The third kappa shape index (κ3) is 5.45. The van der Waals surface area contributed by atoms with Gasteiger partial charge >= 0.3 is 5.97 Å². The molecule has 0 saturated heterocycles. The molecular weight excluding hydrogens is 212 g/mol. The molecule has 16 heavy (non-hydrogen) atoms. The summed E-state index contributed by atoms with van der Waals surface area (Å²) in [5, 5.41) is 7.03. The van der Waals surface area contributed by atoms with Crippen LogP contribution in [0.4, 0.5) is 0 Å². The molecule has 0 spiro atoms. The van der Waals surface area contributed by atoms with E-state index in [-0.39, 0.29) is 18.2 Å². The topological polar surface area (TPSA) is 102 Å². The number of hydrogen-bond acceptors (Lipinski definition) is 5. The first-order valence-corrected chi connectivity index (χ1v) is 4.95. The van der Waals surface area contributed by atoms with Crippen molar-refractivity contribution >= 4 is 17.6 Å². The van der Waals surface area contributed by atoms with Crippen LogP contribution in [0.1, 0.15) is 19.3 Å². The minimum Gasteiger partial charge on any atom is -0.468 e. The zero-order valence-corrected chi connectivity index (χ0v) is 9.62. The van der Waals surface area contributed by atoms with Crippen molar-refractivity contribution in [2.24, 2.45) is 11.7 Å². The molecular formula is C10H18N2O4. The quantitative estimate of drug-likeness (QED) is 0.266. The first-order chi connectivity index (χ1) is 7.52. The summed E-state index contributed by atoms with van der Waals surface area (Å²) in [6.45, 7) is -0.111. The Kier molecular flexibility index (Phi) is 7.11. The fraction of sp³-hybridized carbons (Fsp3) is 0.700. The SMILES string of the molecule is COCC(=O)C(CCCC(=N)N)C(=O)OC. The van der Waals surface area contributed by atoms with Crippen LogP contribution in [0, 0.1) is 11.3 Å². The van der Waals surface area contributed by atoms with Crippen molar-refractivity contribution in [2.75, 3.05) is 20.8 Å². The second-order valence-electron chi connectivity index (χ2n) is 3.39. The first kappa shape index (κ1) is 14.6. The highest BCUT2D eigenvalue weighted by atomic mass is 16.5. The normalized spacial score (nSPS) is 11.9. The monoisotopic (exact) mass is 230 g/mol. The van der Waals surface area contributed by atoms with Crippen LogP contribution in [0.2, 0.25) is 0 Å². The summed E-state index contributed by atoms with van der Waals surface area (Å²) in [6.07, 6.45) is 1.20. The van der Waals surface area contributed by atoms with Gasteiger partial charge in [-0.2, -0.15) is 0 Å². The number of methoxy groups -OCH3 is 2. The van der Waals surface area contributed by atoms with Crippen molar-refractivity contribution in [3.8, 4) is 0 Å². The van der Waals surface area contributed by atoms with Crippen LogP contribution in [-0.4, -0.2) is 38.4 Å². The molecule has 1 unspecified atom stereocenters. The van der Waals surface area contributed by atoms with Gasteiger partial charge in [-0.15, -0.1) is 0 Å². The zero-order chi connectivity index (χ0) is 12.6. The lowest BCUT2D eigenvalue weighted by atomic mass is 9.97. The highest BCUT2D eigenvalue weighted by Crippen LogP contribution is 2.12. The Morgan fingerprint density at radius 1 is 1.38 bits per heavy atom. The molecule has 6 heteroatoms. The van der Waals surface area contributed by atoms with Crippen LogP contribution < -0.4 is 5.73 Å². The maximum Gasteiger partial charge on any atom is 0.316 e. The minimum atomic E-state index is -0.815. The van der Waals surface area contributed by atoms with E-state index in [4.69, 9.17) is 11.1 Å². The molecule has 0 heterocycles. The van der Waals surface area contributed by atoms with Crippen molar-refractivity contribution in [1.82, 2.24) is 0 Å². The van der Waals surface area contributed by atoms with E-state index in [1.54, 1.807) is 0 Å². The number of rotatable bonds is 8. The number of carbonyl (C=O) groups excluding carboxylic acids is 2. The van der Waals surface area contributed by atoms with Gasteiger partial charge in [0, 0.05) is 13.5 Å². The largest absolute Gasteiger partial charge is 0.468 e. The summed E-state index contributed by atoms with van der Waals surface area (Å²) in [5.41, 5.74) is 5.18. The second-order valence-corrected chi connectivity index (χ2v) is 3.39. The summed E-state index contributed by atoms with van der Waals surface area (Å²) in [6, 6.07) is 0. The van der Waals surface area contributed by atoms with E-state index in [9.17, 15) is 9.59 Å². The van der Waals surface area contributed by atoms with Gasteiger partial charge < -0.3 is 15.2 Å². The van der Waals surface area contributed by atoms with Gasteiger partial charge in [0.2, 0.25) is 0 Å². The molecule has 0 rings (SSSR count). The summed E-state index contributed by atoms with van der Waals surface area (Å²) in [4.78, 5) is 22.8. The molecule has 0 aliphatic rings. The molecule has 0 radical (unpaired) electrons. The number of hydrogen-bond donors (Lipinski definition) is 2. The van der Waals surface area contributed by atoms with Crippen LogP contribution in [0.15, 0.2) is 0 Å². The van der Waals surface area contributed by atoms with Crippen molar-refractivity contribution in [1.29, 1.82) is 5.41 Å². The predicted octanol–water partition coefficient (Wildman–Crippen LogP) is 0.0974. The lowest BCUT2D eigenvalue weighted by molar-refractivity contribution is -0.150. The molecule has 0 fully saturated rings. The molecule has 0 aromatic rings. The third-order valence-corrected chi connectivity index (χ3v) is 2.10. The minimum absolute atomic E-state index is 0.0443. The van der Waals surface area contributed by atoms with E-state index in [0.29, 0.717) is 19.3 Å². The fourth-order valence-corrected chi connectivity index (χ4v) is 1.29. The van der Waals surface area contributed by atoms with Gasteiger partial charge in [0.25, 0.3) is 0 Å². The average molecular weight is 230 g/mol. The van der Waals surface area contributed by atoms with E-state index in [0.717, 1.165) is 0 Å². The van der Waals surface area contributed by atoms with Crippen molar-refractivity contribution in [2.45, 2.75) is 19.3 Å². The van der Waals surface area contributed by atoms with Gasteiger partial charge in [0.1, 0.15) is 12.5 Å². The predicted molar refractivity (Wildman–Crippen MR) is 58.2 cm³/mol. The average Bonchev–Trinajstić information content (AvgIpc) is 2.23. The van der Waals surface area contributed by atoms with Crippen LogP contribution in [-0.2, 0) is 19.1 Å². The molecule has 6 nitrogen and oxygen atoms in total. The number of esters is 1. The fourth-order valence-electron chi connectivity index (χ4n) is 1.29. The number of ether oxygens (including phenoxy) is 2. The van der Waals surface area contributed by atoms with Gasteiger partial charge in [0.05, 0.1) is 12.9 Å². The lowest BCUT2D eigenvalue weighted by Crippen LogP contribution is -2.28. The summed E-state index contributed by atoms with van der Waals surface area (Å²) in [5.74, 6) is -1.64. The Bertz CT molecular complexity index is 266. The Morgan fingerprint density at radius 2 is 2.00 bits per heavy atom. The van der Waals surface area contributed by atoms with E-state index >= 15 is 0 Å². The van der Waals surface area contributed by atoms with Gasteiger partial charge in [-0.1, -0.05) is 0 Å². The highest BCUT2D eigenvalue weighted by molar-refractivity contribution is 5.99.